The molecule has 0 spiro atoms. The van der Waals surface area contributed by atoms with Crippen LogP contribution in [0.3, 0.4) is 0 Å². The minimum absolute atomic E-state index is 0.541. The number of ether oxygens (including phenoxy) is 1. The lowest BCUT2D eigenvalue weighted by Gasteiger charge is -2.28. The molecule has 136 valence electrons. The number of nitrogens with zero attached hydrogens (tertiary/aromatic N) is 3. The summed E-state index contributed by atoms with van der Waals surface area (Å²) < 4.78 is 7.17. The molecule has 2 N–H and O–H groups in total. The molecule has 1 heterocycles. The highest BCUT2D eigenvalue weighted by atomic mass is 16.5. The van der Waals surface area contributed by atoms with Gasteiger partial charge in [0.15, 0.2) is 5.96 Å². The number of methoxy groups -OCH3 is 1. The van der Waals surface area contributed by atoms with Crippen LogP contribution in [0.15, 0.2) is 4.99 Å². The van der Waals surface area contributed by atoms with Crippen LogP contribution in [0.5, 0.6) is 0 Å². The first-order valence-corrected chi connectivity index (χ1v) is 9.04. The highest BCUT2D eigenvalue weighted by Gasteiger charge is 2.19. The number of aryl methyl sites for hydroxylation is 1. The van der Waals surface area contributed by atoms with Crippen molar-refractivity contribution in [3.63, 3.8) is 0 Å². The number of rotatable bonds is 6. The summed E-state index contributed by atoms with van der Waals surface area (Å²) in [6, 6.07) is 0.541. The second kappa shape index (κ2) is 9.06. The average Bonchev–Trinajstić information content (AvgIpc) is 2.85. The molecular formula is C18H33N5O. The van der Waals surface area contributed by atoms with Gasteiger partial charge in [0.1, 0.15) is 0 Å². The van der Waals surface area contributed by atoms with Crippen LogP contribution >= 0.6 is 0 Å². The zero-order chi connectivity index (χ0) is 17.5. The van der Waals surface area contributed by atoms with Crippen molar-refractivity contribution in [2.45, 2.75) is 65.6 Å². The first-order chi connectivity index (χ1) is 11.5. The second-order valence-corrected chi connectivity index (χ2v) is 6.89. The first kappa shape index (κ1) is 18.8. The van der Waals surface area contributed by atoms with E-state index in [1.54, 1.807) is 7.11 Å². The quantitative estimate of drug-likeness (QED) is 0.619. The summed E-state index contributed by atoms with van der Waals surface area (Å²) in [6.07, 6.45) is 5.07. The van der Waals surface area contributed by atoms with Gasteiger partial charge < -0.3 is 15.4 Å². The lowest BCUT2D eigenvalue weighted by Crippen LogP contribution is -2.44. The molecule has 0 atom stereocenters. The van der Waals surface area contributed by atoms with E-state index in [4.69, 9.17) is 4.74 Å². The lowest BCUT2D eigenvalue weighted by atomic mass is 9.87. The molecule has 1 aromatic heterocycles. The molecule has 0 unspecified atom stereocenters. The van der Waals surface area contributed by atoms with E-state index in [0.717, 1.165) is 30.7 Å². The second-order valence-electron chi connectivity index (χ2n) is 6.89. The standard InChI is InChI=1S/C18H33N5O/c1-13-6-8-16(9-7-13)21-18(19-4)20-12-17-14(2)22-23(15(17)3)10-11-24-5/h13,16H,6-12H2,1-5H3,(H2,19,20,21). The van der Waals surface area contributed by atoms with Crippen molar-refractivity contribution >= 4 is 5.96 Å². The Morgan fingerprint density at radius 1 is 1.29 bits per heavy atom. The molecule has 1 saturated carbocycles. The highest BCUT2D eigenvalue weighted by molar-refractivity contribution is 5.80. The third-order valence-electron chi connectivity index (χ3n) is 5.05. The summed E-state index contributed by atoms with van der Waals surface area (Å²) in [5, 5.41) is 11.6. The minimum Gasteiger partial charge on any atom is -0.383 e. The van der Waals surface area contributed by atoms with Crippen molar-refractivity contribution in [1.82, 2.24) is 20.4 Å². The Morgan fingerprint density at radius 3 is 2.62 bits per heavy atom. The Bertz CT molecular complexity index is 544. The Balaban J connectivity index is 1.90. The molecule has 0 aliphatic heterocycles. The average molecular weight is 335 g/mol. The first-order valence-electron chi connectivity index (χ1n) is 9.04. The van der Waals surface area contributed by atoms with Crippen molar-refractivity contribution in [2.24, 2.45) is 10.9 Å². The van der Waals surface area contributed by atoms with E-state index in [9.17, 15) is 0 Å². The van der Waals surface area contributed by atoms with Crippen LogP contribution in [0.25, 0.3) is 0 Å². The van der Waals surface area contributed by atoms with E-state index in [1.807, 2.05) is 11.7 Å². The Labute approximate surface area is 146 Å². The molecule has 0 amide bonds. The summed E-state index contributed by atoms with van der Waals surface area (Å²) in [7, 11) is 3.55. The summed E-state index contributed by atoms with van der Waals surface area (Å²) in [4.78, 5) is 4.38. The summed E-state index contributed by atoms with van der Waals surface area (Å²) in [5.41, 5.74) is 3.50. The number of hydrogen-bond acceptors (Lipinski definition) is 3. The van der Waals surface area contributed by atoms with E-state index in [1.165, 1.54) is 36.9 Å². The molecule has 0 aromatic carbocycles. The van der Waals surface area contributed by atoms with Crippen LogP contribution in [-0.4, -0.2) is 42.5 Å². The SMILES string of the molecule is CN=C(NCc1c(C)nn(CCOC)c1C)NC1CCC(C)CC1. The molecule has 0 bridgehead atoms. The van der Waals surface area contributed by atoms with Gasteiger partial charge in [0, 0.05) is 38.0 Å². The van der Waals surface area contributed by atoms with Crippen LogP contribution in [0, 0.1) is 19.8 Å². The molecule has 6 nitrogen and oxygen atoms in total. The van der Waals surface area contributed by atoms with Crippen molar-refractivity contribution in [1.29, 1.82) is 0 Å². The molecule has 6 heteroatoms. The van der Waals surface area contributed by atoms with Crippen molar-refractivity contribution < 1.29 is 4.74 Å². The fourth-order valence-corrected chi connectivity index (χ4v) is 3.35. The Kier molecular flexibility index (Phi) is 7.09. The lowest BCUT2D eigenvalue weighted by molar-refractivity contribution is 0.182. The molecule has 1 fully saturated rings. The van der Waals surface area contributed by atoms with Gasteiger partial charge in [-0.25, -0.2) is 0 Å². The van der Waals surface area contributed by atoms with Gasteiger partial charge in [-0.2, -0.15) is 5.10 Å². The van der Waals surface area contributed by atoms with Gasteiger partial charge >= 0.3 is 0 Å². The maximum atomic E-state index is 5.15. The Morgan fingerprint density at radius 2 is 2.00 bits per heavy atom. The number of aromatic nitrogens is 2. The molecule has 0 radical (unpaired) electrons. The van der Waals surface area contributed by atoms with Gasteiger partial charge in [-0.1, -0.05) is 6.92 Å². The summed E-state index contributed by atoms with van der Waals surface area (Å²) in [5.74, 6) is 1.75. The van der Waals surface area contributed by atoms with E-state index < -0.39 is 0 Å². The van der Waals surface area contributed by atoms with Crippen molar-refractivity contribution in [2.75, 3.05) is 20.8 Å². The maximum Gasteiger partial charge on any atom is 0.191 e. The predicted octanol–water partition coefficient (Wildman–Crippen LogP) is 2.39. The monoisotopic (exact) mass is 335 g/mol. The topological polar surface area (TPSA) is 63.5 Å². The van der Waals surface area contributed by atoms with Crippen molar-refractivity contribution in [3.8, 4) is 0 Å². The molecule has 0 saturated heterocycles. The van der Waals surface area contributed by atoms with Crippen LogP contribution in [-0.2, 0) is 17.8 Å². The maximum absolute atomic E-state index is 5.15. The van der Waals surface area contributed by atoms with Gasteiger partial charge in [0.05, 0.1) is 18.8 Å². The van der Waals surface area contributed by atoms with Gasteiger partial charge in [-0.15, -0.1) is 0 Å². The molecule has 1 aliphatic carbocycles. The normalized spacial score (nSPS) is 21.8. The molecule has 1 aliphatic rings. The number of aliphatic imine (C=N–C) groups is 1. The molecule has 2 rings (SSSR count). The molecular weight excluding hydrogens is 302 g/mol. The van der Waals surface area contributed by atoms with E-state index >= 15 is 0 Å². The zero-order valence-electron chi connectivity index (χ0n) is 15.9. The van der Waals surface area contributed by atoms with Crippen LogP contribution in [0.2, 0.25) is 0 Å². The van der Waals surface area contributed by atoms with Gasteiger partial charge in [0.25, 0.3) is 0 Å². The van der Waals surface area contributed by atoms with E-state index in [-0.39, 0.29) is 0 Å². The van der Waals surface area contributed by atoms with Gasteiger partial charge in [-0.3, -0.25) is 9.67 Å². The third-order valence-corrected chi connectivity index (χ3v) is 5.05. The fourth-order valence-electron chi connectivity index (χ4n) is 3.35. The fraction of sp³-hybridized carbons (Fsp3) is 0.778. The van der Waals surface area contributed by atoms with Crippen LogP contribution in [0.1, 0.15) is 49.6 Å². The number of guanidine groups is 1. The van der Waals surface area contributed by atoms with E-state index in [2.05, 4.69) is 41.5 Å². The summed E-state index contributed by atoms with van der Waals surface area (Å²) in [6.45, 7) is 8.73. The van der Waals surface area contributed by atoms with Crippen LogP contribution < -0.4 is 10.6 Å². The largest absolute Gasteiger partial charge is 0.383 e. The zero-order valence-corrected chi connectivity index (χ0v) is 15.9. The Hall–Kier alpha value is -1.56. The van der Waals surface area contributed by atoms with Gasteiger partial charge in [-0.05, 0) is 45.4 Å². The predicted molar refractivity (Wildman–Crippen MR) is 98.3 cm³/mol. The smallest absolute Gasteiger partial charge is 0.191 e. The van der Waals surface area contributed by atoms with E-state index in [0.29, 0.717) is 12.6 Å². The van der Waals surface area contributed by atoms with Gasteiger partial charge in [0.2, 0.25) is 0 Å². The summed E-state index contributed by atoms with van der Waals surface area (Å²) >= 11 is 0. The minimum atomic E-state index is 0.541. The molecule has 24 heavy (non-hydrogen) atoms. The number of nitrogens with one attached hydrogen (secondary N) is 2. The third kappa shape index (κ3) is 4.97. The van der Waals surface area contributed by atoms with Crippen LogP contribution in [0.4, 0.5) is 0 Å². The number of hydrogen-bond donors (Lipinski definition) is 2. The van der Waals surface area contributed by atoms with Crippen molar-refractivity contribution in [3.05, 3.63) is 17.0 Å². The highest BCUT2D eigenvalue weighted by Crippen LogP contribution is 2.23. The molecule has 1 aromatic rings.